The molecular weight excluding hydrogens is 837 g/mol. The van der Waals surface area contributed by atoms with E-state index in [9.17, 15) is 0 Å². The van der Waals surface area contributed by atoms with Gasteiger partial charge in [0.25, 0.3) is 0 Å². The van der Waals surface area contributed by atoms with Crippen LogP contribution in [0.25, 0.3) is 65.7 Å². The molecule has 0 fully saturated rings. The predicted octanol–water partition coefficient (Wildman–Crippen LogP) is 16.9. The monoisotopic (exact) mass is 886 g/mol. The van der Waals surface area contributed by atoms with E-state index in [-0.39, 0.29) is 5.41 Å². The van der Waals surface area contributed by atoms with E-state index >= 15 is 0 Å². The molecule has 0 saturated carbocycles. The normalized spacial score (nSPS) is 13.8. The smallest absolute Gasteiger partial charge is 0.113 e. The predicted molar refractivity (Wildman–Crippen MR) is 294 cm³/mol. The third kappa shape index (κ3) is 6.09. The van der Waals surface area contributed by atoms with E-state index in [1.54, 1.807) is 0 Å². The molecule has 0 unspecified atom stereocenters. The number of rotatable bonds is 7. The Morgan fingerprint density at radius 3 is 1.47 bits per heavy atom. The van der Waals surface area contributed by atoms with Gasteiger partial charge in [0.1, 0.15) is 8.07 Å². The Bertz CT molecular complexity index is 3740. The number of benzene rings is 11. The van der Waals surface area contributed by atoms with Crippen LogP contribution in [0.2, 0.25) is 13.1 Å². The van der Waals surface area contributed by atoms with Gasteiger partial charge < -0.3 is 9.80 Å². The molecule has 0 atom stereocenters. The van der Waals surface area contributed by atoms with E-state index in [1.165, 1.54) is 98.6 Å². The van der Waals surface area contributed by atoms with E-state index in [0.717, 1.165) is 22.7 Å². The molecule has 1 aliphatic heterocycles. The van der Waals surface area contributed by atoms with Gasteiger partial charge in [0.2, 0.25) is 0 Å². The fourth-order valence-corrected chi connectivity index (χ4v) is 14.9. The minimum Gasteiger partial charge on any atom is -0.311 e. The largest absolute Gasteiger partial charge is 0.311 e. The molecule has 324 valence electrons. The van der Waals surface area contributed by atoms with Crippen molar-refractivity contribution in [3.63, 3.8) is 0 Å². The van der Waals surface area contributed by atoms with E-state index in [2.05, 4.69) is 267 Å². The summed E-state index contributed by atoms with van der Waals surface area (Å²) in [6.07, 6.45) is 0. The Morgan fingerprint density at radius 2 is 0.794 bits per heavy atom. The van der Waals surface area contributed by atoms with Crippen molar-refractivity contribution >= 4 is 84.9 Å². The second-order valence-corrected chi connectivity index (χ2v) is 24.0. The fourth-order valence-electron chi connectivity index (χ4n) is 11.8. The number of nitrogens with zero attached hydrogens (tertiary/aromatic N) is 2. The lowest BCUT2D eigenvalue weighted by atomic mass is 9.82. The van der Waals surface area contributed by atoms with E-state index in [0.29, 0.717) is 0 Å². The average Bonchev–Trinajstić information content (AvgIpc) is 3.61. The standard InChI is InChI=1S/C65H50N2Si/c1-65(2)60-29-17-16-27-52(60)53-37-35-48(39-61(53)65)67(46-23-12-7-13-24-46)49-36-38-54-59-42-57-51-26-15-14-25-50(51)56(41-58(57)55-28-18-30-62(64(55)59)68(3,4)63(54)40-49)43-31-33-47(34-32-43)66(44-19-8-5-9-20-44)45-21-10-6-11-22-45/h5-42H,1-4H3. The fraction of sp³-hybridized carbons (Fsp3) is 0.0769. The zero-order valence-corrected chi connectivity index (χ0v) is 39.8. The van der Waals surface area contributed by atoms with Crippen molar-refractivity contribution in [2.24, 2.45) is 0 Å². The molecular formula is C65H50N2Si. The molecule has 11 aromatic carbocycles. The molecule has 2 aliphatic rings. The SMILES string of the molecule is CC1(C)c2ccccc2-c2ccc(N(c3ccccc3)c3ccc4c(c3)[Si](C)(C)c3cccc5c3c-4cc3c4ccccc4c(-c4ccc(N(c6ccccc6)c6ccccc6)cc4)cc53)cc21. The van der Waals surface area contributed by atoms with E-state index < -0.39 is 8.07 Å². The van der Waals surface area contributed by atoms with Gasteiger partial charge in [-0.2, -0.15) is 0 Å². The van der Waals surface area contributed by atoms with E-state index in [4.69, 9.17) is 0 Å². The van der Waals surface area contributed by atoms with Gasteiger partial charge in [-0.25, -0.2) is 0 Å². The molecule has 0 aromatic heterocycles. The van der Waals surface area contributed by atoms with Crippen molar-refractivity contribution in [3.05, 3.63) is 242 Å². The average molecular weight is 887 g/mol. The maximum absolute atomic E-state index is 2.56. The molecule has 68 heavy (non-hydrogen) atoms. The summed E-state index contributed by atoms with van der Waals surface area (Å²) in [6, 6.07) is 85.9. The lowest BCUT2D eigenvalue weighted by molar-refractivity contribution is 0.660. The topological polar surface area (TPSA) is 6.48 Å². The minimum atomic E-state index is -2.25. The van der Waals surface area contributed by atoms with Crippen LogP contribution in [0.3, 0.4) is 0 Å². The number of fused-ring (bicyclic) bond motifs is 9. The highest BCUT2D eigenvalue weighted by atomic mass is 28.3. The zero-order valence-electron chi connectivity index (χ0n) is 38.8. The molecule has 0 spiro atoms. The first-order valence-electron chi connectivity index (χ1n) is 23.9. The van der Waals surface area contributed by atoms with Gasteiger partial charge in [-0.15, -0.1) is 0 Å². The van der Waals surface area contributed by atoms with E-state index in [1.807, 2.05) is 0 Å². The Kier molecular flexibility index (Phi) is 9.06. The molecule has 0 saturated heterocycles. The van der Waals surface area contributed by atoms with Crippen molar-refractivity contribution < 1.29 is 0 Å². The third-order valence-electron chi connectivity index (χ3n) is 15.2. The van der Waals surface area contributed by atoms with Gasteiger partial charge >= 0.3 is 0 Å². The summed E-state index contributed by atoms with van der Waals surface area (Å²) in [5, 5.41) is 10.9. The van der Waals surface area contributed by atoms with Crippen molar-refractivity contribution in [2.75, 3.05) is 9.80 Å². The second kappa shape index (κ2) is 15.3. The molecule has 1 heterocycles. The second-order valence-electron chi connectivity index (χ2n) is 19.7. The highest BCUT2D eigenvalue weighted by Gasteiger charge is 2.38. The highest BCUT2D eigenvalue weighted by molar-refractivity contribution is 7.03. The lowest BCUT2D eigenvalue weighted by Gasteiger charge is -2.36. The van der Waals surface area contributed by atoms with Crippen LogP contribution in [-0.4, -0.2) is 8.07 Å². The number of para-hydroxylation sites is 3. The van der Waals surface area contributed by atoms with Gasteiger partial charge in [0.15, 0.2) is 0 Å². The number of hydrogen-bond donors (Lipinski definition) is 0. The summed E-state index contributed by atoms with van der Waals surface area (Å²) in [4.78, 5) is 4.80. The van der Waals surface area contributed by atoms with Crippen LogP contribution in [0.5, 0.6) is 0 Å². The van der Waals surface area contributed by atoms with Crippen LogP contribution in [0.4, 0.5) is 34.1 Å². The van der Waals surface area contributed by atoms with Crippen molar-refractivity contribution in [1.82, 2.24) is 0 Å². The van der Waals surface area contributed by atoms with Gasteiger partial charge in [-0.05, 0) is 172 Å². The molecule has 11 aromatic rings. The van der Waals surface area contributed by atoms with Crippen LogP contribution in [0.1, 0.15) is 25.0 Å². The minimum absolute atomic E-state index is 0.0944. The lowest BCUT2D eigenvalue weighted by Crippen LogP contribution is -2.56. The van der Waals surface area contributed by atoms with Crippen molar-refractivity contribution in [3.8, 4) is 33.4 Å². The van der Waals surface area contributed by atoms with Crippen LogP contribution >= 0.6 is 0 Å². The quantitative estimate of drug-likeness (QED) is 0.116. The molecule has 3 heteroatoms. The number of hydrogen-bond acceptors (Lipinski definition) is 2. The molecule has 0 amide bonds. The van der Waals surface area contributed by atoms with Gasteiger partial charge in [0, 0.05) is 39.5 Å². The third-order valence-corrected chi connectivity index (χ3v) is 18.7. The summed E-state index contributed by atoms with van der Waals surface area (Å²) < 4.78 is 0. The van der Waals surface area contributed by atoms with Crippen LogP contribution in [0.15, 0.2) is 231 Å². The first-order chi connectivity index (χ1) is 33.3. The van der Waals surface area contributed by atoms with Crippen molar-refractivity contribution in [2.45, 2.75) is 32.4 Å². The van der Waals surface area contributed by atoms with Gasteiger partial charge in [-0.3, -0.25) is 0 Å². The maximum Gasteiger partial charge on any atom is 0.113 e. The zero-order chi connectivity index (χ0) is 45.7. The number of anilines is 6. The Balaban J connectivity index is 0.960. The van der Waals surface area contributed by atoms with Crippen molar-refractivity contribution in [1.29, 1.82) is 0 Å². The van der Waals surface area contributed by atoms with Crippen LogP contribution in [-0.2, 0) is 5.41 Å². The summed E-state index contributed by atoms with van der Waals surface area (Å²) in [5.41, 5.74) is 17.4. The molecule has 2 nitrogen and oxygen atoms in total. The summed E-state index contributed by atoms with van der Waals surface area (Å²) in [6.45, 7) is 9.86. The summed E-state index contributed by atoms with van der Waals surface area (Å²) in [7, 11) is -2.25. The highest BCUT2D eigenvalue weighted by Crippen LogP contribution is 2.51. The summed E-state index contributed by atoms with van der Waals surface area (Å²) >= 11 is 0. The van der Waals surface area contributed by atoms with Crippen LogP contribution in [0, 0.1) is 0 Å². The Labute approximate surface area is 400 Å². The Morgan fingerprint density at radius 1 is 0.309 bits per heavy atom. The first kappa shape index (κ1) is 40.3. The Hall–Kier alpha value is -7.98. The molecule has 13 rings (SSSR count). The molecule has 0 bridgehead atoms. The van der Waals surface area contributed by atoms with Gasteiger partial charge in [0.05, 0.1) is 0 Å². The molecule has 0 radical (unpaired) electrons. The molecule has 0 N–H and O–H groups in total. The molecule has 1 aliphatic carbocycles. The first-order valence-corrected chi connectivity index (χ1v) is 26.9. The summed E-state index contributed by atoms with van der Waals surface area (Å²) in [5.74, 6) is 0. The maximum atomic E-state index is 2.56. The van der Waals surface area contributed by atoms with Crippen LogP contribution < -0.4 is 20.2 Å². The van der Waals surface area contributed by atoms with Gasteiger partial charge in [-0.1, -0.05) is 173 Å².